The third kappa shape index (κ3) is 6.58. The van der Waals surface area contributed by atoms with E-state index in [9.17, 15) is 18.0 Å². The van der Waals surface area contributed by atoms with Crippen LogP contribution in [0, 0.1) is 0 Å². The maximum absolute atomic E-state index is 13.1. The van der Waals surface area contributed by atoms with Gasteiger partial charge in [0.15, 0.2) is 0 Å². The van der Waals surface area contributed by atoms with Crippen molar-refractivity contribution in [2.24, 2.45) is 0 Å². The number of hydrogen-bond donors (Lipinski definition) is 2. The molecule has 1 saturated heterocycles. The van der Waals surface area contributed by atoms with Crippen LogP contribution in [0.25, 0.3) is 0 Å². The van der Waals surface area contributed by atoms with E-state index in [-0.39, 0.29) is 22.1 Å². The predicted molar refractivity (Wildman–Crippen MR) is 137 cm³/mol. The Morgan fingerprint density at radius 2 is 1.60 bits per heavy atom. The van der Waals surface area contributed by atoms with Crippen molar-refractivity contribution in [1.29, 1.82) is 0 Å². The Kier molecular flexibility index (Phi) is 7.87. The molecule has 8 heteroatoms. The van der Waals surface area contributed by atoms with E-state index in [0.717, 1.165) is 5.56 Å². The standard InChI is InChI=1S/C27H35N3O4S/c1-6-24(31)29-27(5)15-17-30(18-16-27)35(33,34)23-13-9-21(10-14-23)25(32)28-19-20-7-11-22(12-8-20)26(2,3)4/h6-14H,1,15-19H2,2-5H3,(H,28,32)(H,29,31). The number of rotatable bonds is 7. The van der Waals surface area contributed by atoms with Crippen molar-refractivity contribution in [3.05, 3.63) is 77.9 Å². The van der Waals surface area contributed by atoms with Crippen LogP contribution in [-0.2, 0) is 26.8 Å². The Hall–Kier alpha value is -2.97. The van der Waals surface area contributed by atoms with E-state index in [0.29, 0.717) is 38.0 Å². The second-order valence-corrected chi connectivity index (χ2v) is 12.3. The normalized spacial score (nSPS) is 16.3. The van der Waals surface area contributed by atoms with Crippen LogP contribution in [-0.4, -0.2) is 43.2 Å². The quantitative estimate of drug-likeness (QED) is 0.570. The zero-order valence-corrected chi connectivity index (χ0v) is 21.7. The highest BCUT2D eigenvalue weighted by Crippen LogP contribution is 2.27. The van der Waals surface area contributed by atoms with Crippen molar-refractivity contribution in [1.82, 2.24) is 14.9 Å². The molecule has 188 valence electrons. The zero-order valence-electron chi connectivity index (χ0n) is 20.9. The molecule has 0 aliphatic carbocycles. The molecule has 1 aliphatic heterocycles. The molecule has 2 amide bonds. The number of amides is 2. The molecule has 0 atom stereocenters. The van der Waals surface area contributed by atoms with Gasteiger partial charge < -0.3 is 10.6 Å². The van der Waals surface area contributed by atoms with Gasteiger partial charge in [0, 0.05) is 30.7 Å². The Bertz CT molecular complexity index is 1170. The predicted octanol–water partition coefficient (Wildman–Crippen LogP) is 3.76. The van der Waals surface area contributed by atoms with Gasteiger partial charge in [-0.2, -0.15) is 4.31 Å². The molecule has 1 fully saturated rings. The largest absolute Gasteiger partial charge is 0.348 e. The lowest BCUT2D eigenvalue weighted by Gasteiger charge is -2.39. The van der Waals surface area contributed by atoms with Crippen molar-refractivity contribution >= 4 is 21.8 Å². The van der Waals surface area contributed by atoms with Crippen LogP contribution in [0.15, 0.2) is 66.1 Å². The second-order valence-electron chi connectivity index (χ2n) is 10.3. The van der Waals surface area contributed by atoms with Crippen molar-refractivity contribution in [3.63, 3.8) is 0 Å². The average molecular weight is 498 g/mol. The molecule has 0 saturated carbocycles. The fourth-order valence-electron chi connectivity index (χ4n) is 4.03. The van der Waals surface area contributed by atoms with E-state index >= 15 is 0 Å². The molecule has 0 radical (unpaired) electrons. The van der Waals surface area contributed by atoms with Crippen molar-refractivity contribution < 1.29 is 18.0 Å². The first kappa shape index (κ1) is 26.6. The van der Waals surface area contributed by atoms with Crippen LogP contribution in [0.2, 0.25) is 0 Å². The van der Waals surface area contributed by atoms with Crippen molar-refractivity contribution in [2.75, 3.05) is 13.1 Å². The summed E-state index contributed by atoms with van der Waals surface area (Å²) in [5.74, 6) is -0.528. The summed E-state index contributed by atoms with van der Waals surface area (Å²) in [5, 5.41) is 5.77. The molecule has 2 N–H and O–H groups in total. The number of benzene rings is 2. The number of piperidine rings is 1. The SMILES string of the molecule is C=CC(=O)NC1(C)CCN(S(=O)(=O)c2ccc(C(=O)NCc3ccc(C(C)(C)C)cc3)cc2)CC1. The molecule has 0 aromatic heterocycles. The van der Waals surface area contributed by atoms with E-state index in [1.54, 1.807) is 0 Å². The molecule has 35 heavy (non-hydrogen) atoms. The zero-order chi connectivity index (χ0) is 25.9. The molecule has 0 unspecified atom stereocenters. The maximum Gasteiger partial charge on any atom is 0.251 e. The van der Waals surface area contributed by atoms with E-state index < -0.39 is 15.6 Å². The van der Waals surface area contributed by atoms with Gasteiger partial charge in [-0.05, 0) is 66.6 Å². The molecule has 2 aromatic carbocycles. The molecule has 1 aliphatic rings. The summed E-state index contributed by atoms with van der Waals surface area (Å²) in [6, 6.07) is 14.1. The second kappa shape index (κ2) is 10.3. The first-order valence-corrected chi connectivity index (χ1v) is 13.2. The molecule has 1 heterocycles. The summed E-state index contributed by atoms with van der Waals surface area (Å²) < 4.78 is 27.6. The highest BCUT2D eigenvalue weighted by Gasteiger charge is 2.36. The fourth-order valence-corrected chi connectivity index (χ4v) is 5.47. The number of carbonyl (C=O) groups excluding carboxylic acids is 2. The summed E-state index contributed by atoms with van der Waals surface area (Å²) in [5.41, 5.74) is 2.22. The van der Waals surface area contributed by atoms with Crippen LogP contribution in [0.3, 0.4) is 0 Å². The monoisotopic (exact) mass is 497 g/mol. The Balaban J connectivity index is 1.59. The summed E-state index contributed by atoms with van der Waals surface area (Å²) in [6.45, 7) is 12.8. The third-order valence-electron chi connectivity index (χ3n) is 6.46. The molecule has 0 bridgehead atoms. The smallest absolute Gasteiger partial charge is 0.251 e. The molecule has 0 spiro atoms. The van der Waals surface area contributed by atoms with Gasteiger partial charge in [0.25, 0.3) is 5.91 Å². The molecular formula is C27H35N3O4S. The minimum Gasteiger partial charge on any atom is -0.348 e. The van der Waals surface area contributed by atoms with Crippen LogP contribution < -0.4 is 10.6 Å². The summed E-state index contributed by atoms with van der Waals surface area (Å²) in [6.07, 6.45) is 2.22. The molecular weight excluding hydrogens is 462 g/mol. The first-order chi connectivity index (χ1) is 16.3. The highest BCUT2D eigenvalue weighted by molar-refractivity contribution is 7.89. The Labute approximate surface area is 208 Å². The van der Waals surface area contributed by atoms with E-state index in [4.69, 9.17) is 0 Å². The topological polar surface area (TPSA) is 95.6 Å². The van der Waals surface area contributed by atoms with Crippen LogP contribution in [0.1, 0.15) is 62.0 Å². The number of nitrogens with zero attached hydrogens (tertiary/aromatic N) is 1. The Morgan fingerprint density at radius 3 is 2.11 bits per heavy atom. The van der Waals surface area contributed by atoms with Crippen molar-refractivity contribution in [3.8, 4) is 0 Å². The molecule has 3 rings (SSSR count). The molecule has 7 nitrogen and oxygen atoms in total. The van der Waals surface area contributed by atoms with Crippen LogP contribution in [0.5, 0.6) is 0 Å². The fraction of sp³-hybridized carbons (Fsp3) is 0.407. The van der Waals surface area contributed by atoms with Gasteiger partial charge in [-0.3, -0.25) is 9.59 Å². The van der Waals surface area contributed by atoms with Crippen LogP contribution >= 0.6 is 0 Å². The van der Waals surface area contributed by atoms with Gasteiger partial charge in [0.05, 0.1) is 4.90 Å². The van der Waals surface area contributed by atoms with Gasteiger partial charge >= 0.3 is 0 Å². The minimum absolute atomic E-state index is 0.0686. The average Bonchev–Trinajstić information content (AvgIpc) is 2.82. The number of hydrogen-bond acceptors (Lipinski definition) is 4. The number of sulfonamides is 1. The lowest BCUT2D eigenvalue weighted by molar-refractivity contribution is -0.118. The van der Waals surface area contributed by atoms with Gasteiger partial charge in [-0.1, -0.05) is 51.6 Å². The van der Waals surface area contributed by atoms with Gasteiger partial charge in [-0.25, -0.2) is 8.42 Å². The lowest BCUT2D eigenvalue weighted by Crippen LogP contribution is -2.53. The number of nitrogens with one attached hydrogen (secondary N) is 2. The van der Waals surface area contributed by atoms with Gasteiger partial charge in [0.2, 0.25) is 15.9 Å². The van der Waals surface area contributed by atoms with E-state index in [1.807, 2.05) is 19.1 Å². The summed E-state index contributed by atoms with van der Waals surface area (Å²) in [7, 11) is -3.69. The van der Waals surface area contributed by atoms with E-state index in [1.165, 1.54) is 40.2 Å². The first-order valence-electron chi connectivity index (χ1n) is 11.8. The Morgan fingerprint density at radius 1 is 1.03 bits per heavy atom. The van der Waals surface area contributed by atoms with E-state index in [2.05, 4.69) is 50.1 Å². The van der Waals surface area contributed by atoms with Gasteiger partial charge in [-0.15, -0.1) is 0 Å². The van der Waals surface area contributed by atoms with Crippen LogP contribution in [0.4, 0.5) is 0 Å². The summed E-state index contributed by atoms with van der Waals surface area (Å²) >= 11 is 0. The highest BCUT2D eigenvalue weighted by atomic mass is 32.2. The lowest BCUT2D eigenvalue weighted by atomic mass is 9.87. The summed E-state index contributed by atoms with van der Waals surface area (Å²) in [4.78, 5) is 24.4. The third-order valence-corrected chi connectivity index (χ3v) is 8.38. The van der Waals surface area contributed by atoms with Gasteiger partial charge in [0.1, 0.15) is 0 Å². The minimum atomic E-state index is -3.69. The van der Waals surface area contributed by atoms with Crippen molar-refractivity contribution in [2.45, 2.75) is 62.9 Å². The molecule has 2 aromatic rings. The number of carbonyl (C=O) groups is 2. The maximum atomic E-state index is 13.1.